The first-order valence-corrected chi connectivity index (χ1v) is 5.01. The lowest BCUT2D eigenvalue weighted by molar-refractivity contribution is -0.124. The lowest BCUT2D eigenvalue weighted by Gasteiger charge is -2.17. The van der Waals surface area contributed by atoms with Crippen LogP contribution in [0.5, 0.6) is 0 Å². The van der Waals surface area contributed by atoms with Crippen LogP contribution in [-0.4, -0.2) is 11.6 Å². The van der Waals surface area contributed by atoms with Crippen molar-refractivity contribution in [1.82, 2.24) is 0 Å². The number of Topliss-reactive ketones (excluding diaryl/α,β-unsaturated/α-hetero) is 2. The van der Waals surface area contributed by atoms with E-state index >= 15 is 0 Å². The van der Waals surface area contributed by atoms with E-state index in [0.717, 1.165) is 6.42 Å². The molecule has 0 radical (unpaired) electrons. The molecule has 0 saturated heterocycles. The largest absolute Gasteiger partial charge is 0.300 e. The van der Waals surface area contributed by atoms with Crippen LogP contribution in [0.15, 0.2) is 0 Å². The summed E-state index contributed by atoms with van der Waals surface area (Å²) in [6.45, 7) is 7.54. The number of ketones is 2. The molecule has 0 aliphatic carbocycles. The van der Waals surface area contributed by atoms with Gasteiger partial charge in [-0.1, -0.05) is 20.8 Å². The average Bonchev–Trinajstić information content (AvgIpc) is 2.03. The summed E-state index contributed by atoms with van der Waals surface area (Å²) in [6.07, 6.45) is 1.84. The number of rotatable bonds is 6. The van der Waals surface area contributed by atoms with E-state index < -0.39 is 0 Å². The van der Waals surface area contributed by atoms with Gasteiger partial charge in [0.2, 0.25) is 0 Å². The molecule has 0 N–H and O–H groups in total. The zero-order valence-corrected chi connectivity index (χ0v) is 9.09. The predicted octanol–water partition coefficient (Wildman–Crippen LogP) is 2.61. The van der Waals surface area contributed by atoms with Crippen molar-refractivity contribution < 1.29 is 9.59 Å². The van der Waals surface area contributed by atoms with Gasteiger partial charge in [0.05, 0.1) is 0 Å². The topological polar surface area (TPSA) is 34.1 Å². The van der Waals surface area contributed by atoms with Crippen molar-refractivity contribution in [3.63, 3.8) is 0 Å². The molecule has 0 aromatic carbocycles. The van der Waals surface area contributed by atoms with Gasteiger partial charge in [-0.2, -0.15) is 0 Å². The van der Waals surface area contributed by atoms with Crippen molar-refractivity contribution in [2.24, 2.45) is 11.8 Å². The first-order valence-electron chi connectivity index (χ1n) is 5.01. The number of carbonyl (C=O) groups is 2. The molecule has 0 heterocycles. The van der Waals surface area contributed by atoms with Gasteiger partial charge in [-0.3, -0.25) is 4.79 Å². The van der Waals surface area contributed by atoms with Gasteiger partial charge in [-0.15, -0.1) is 0 Å². The minimum Gasteiger partial charge on any atom is -0.300 e. The van der Waals surface area contributed by atoms with Gasteiger partial charge in [-0.25, -0.2) is 0 Å². The van der Waals surface area contributed by atoms with Crippen LogP contribution in [0.2, 0.25) is 0 Å². The maximum Gasteiger partial charge on any atom is 0.135 e. The highest BCUT2D eigenvalue weighted by atomic mass is 16.1. The highest BCUT2D eigenvalue weighted by molar-refractivity contribution is 5.82. The van der Waals surface area contributed by atoms with Crippen molar-refractivity contribution in [2.45, 2.75) is 47.0 Å². The summed E-state index contributed by atoms with van der Waals surface area (Å²) in [4.78, 5) is 22.2. The van der Waals surface area contributed by atoms with Gasteiger partial charge in [0, 0.05) is 18.8 Å². The van der Waals surface area contributed by atoms with E-state index in [-0.39, 0.29) is 17.5 Å². The van der Waals surface area contributed by atoms with Gasteiger partial charge in [0.25, 0.3) is 0 Å². The van der Waals surface area contributed by atoms with Crippen LogP contribution in [0.1, 0.15) is 47.0 Å². The molecule has 2 nitrogen and oxygen atoms in total. The third kappa shape index (κ3) is 4.81. The monoisotopic (exact) mass is 184 g/mol. The molecule has 0 aliphatic rings. The van der Waals surface area contributed by atoms with Gasteiger partial charge in [-0.05, 0) is 19.3 Å². The SMILES string of the molecule is CCC(=O)C(CCC(C)=O)C(C)C. The zero-order chi connectivity index (χ0) is 10.4. The lowest BCUT2D eigenvalue weighted by atomic mass is 9.86. The molecule has 0 amide bonds. The molecule has 0 aliphatic heterocycles. The molecule has 13 heavy (non-hydrogen) atoms. The minimum absolute atomic E-state index is 0.0777. The van der Waals surface area contributed by atoms with Crippen LogP contribution in [-0.2, 0) is 9.59 Å². The molecule has 0 fully saturated rings. The minimum atomic E-state index is 0.0777. The van der Waals surface area contributed by atoms with Gasteiger partial charge in [0.15, 0.2) is 0 Å². The molecule has 0 rings (SSSR count). The Kier molecular flexibility index (Phi) is 5.60. The van der Waals surface area contributed by atoms with E-state index in [1.54, 1.807) is 6.92 Å². The summed E-state index contributed by atoms with van der Waals surface area (Å²) in [5.74, 6) is 0.895. The highest BCUT2D eigenvalue weighted by Gasteiger charge is 2.20. The second kappa shape index (κ2) is 5.90. The van der Waals surface area contributed by atoms with Crippen molar-refractivity contribution in [3.05, 3.63) is 0 Å². The second-order valence-electron chi connectivity index (χ2n) is 3.91. The second-order valence-corrected chi connectivity index (χ2v) is 3.91. The summed E-state index contributed by atoms with van der Waals surface area (Å²) in [7, 11) is 0. The van der Waals surface area contributed by atoms with Crippen molar-refractivity contribution >= 4 is 11.6 Å². The number of carbonyl (C=O) groups excluding carboxylic acids is 2. The Morgan fingerprint density at radius 1 is 1.23 bits per heavy atom. The third-order valence-corrected chi connectivity index (χ3v) is 2.37. The lowest BCUT2D eigenvalue weighted by Crippen LogP contribution is -2.20. The van der Waals surface area contributed by atoms with E-state index in [1.807, 2.05) is 20.8 Å². The van der Waals surface area contributed by atoms with Crippen molar-refractivity contribution in [3.8, 4) is 0 Å². The fourth-order valence-electron chi connectivity index (χ4n) is 1.49. The molecular formula is C11H20O2. The maximum atomic E-state index is 11.5. The number of hydrogen-bond donors (Lipinski definition) is 0. The molecule has 0 aromatic heterocycles. The van der Waals surface area contributed by atoms with E-state index in [1.165, 1.54) is 0 Å². The van der Waals surface area contributed by atoms with Gasteiger partial charge >= 0.3 is 0 Å². The number of hydrogen-bond acceptors (Lipinski definition) is 2. The first kappa shape index (κ1) is 12.3. The van der Waals surface area contributed by atoms with Crippen LogP contribution in [0, 0.1) is 11.8 Å². The van der Waals surface area contributed by atoms with Gasteiger partial charge in [0.1, 0.15) is 11.6 Å². The Morgan fingerprint density at radius 2 is 1.77 bits per heavy atom. The Bertz CT molecular complexity index is 183. The average molecular weight is 184 g/mol. The smallest absolute Gasteiger partial charge is 0.135 e. The van der Waals surface area contributed by atoms with Crippen LogP contribution in [0.3, 0.4) is 0 Å². The fourth-order valence-corrected chi connectivity index (χ4v) is 1.49. The van der Waals surface area contributed by atoms with Crippen LogP contribution >= 0.6 is 0 Å². The van der Waals surface area contributed by atoms with E-state index in [4.69, 9.17) is 0 Å². The van der Waals surface area contributed by atoms with Crippen LogP contribution in [0.4, 0.5) is 0 Å². The molecule has 2 heteroatoms. The molecule has 0 spiro atoms. The molecule has 0 aromatic rings. The predicted molar refractivity (Wildman–Crippen MR) is 53.5 cm³/mol. The van der Waals surface area contributed by atoms with Crippen LogP contribution < -0.4 is 0 Å². The molecule has 76 valence electrons. The van der Waals surface area contributed by atoms with E-state index in [2.05, 4.69) is 0 Å². The molecular weight excluding hydrogens is 164 g/mol. The summed E-state index contributed by atoms with van der Waals surface area (Å²) in [6, 6.07) is 0. The third-order valence-electron chi connectivity index (χ3n) is 2.37. The van der Waals surface area contributed by atoms with Crippen LogP contribution in [0.25, 0.3) is 0 Å². The normalized spacial score (nSPS) is 13.0. The summed E-state index contributed by atoms with van der Waals surface area (Å²) >= 11 is 0. The Morgan fingerprint density at radius 3 is 2.08 bits per heavy atom. The zero-order valence-electron chi connectivity index (χ0n) is 9.09. The summed E-state index contributed by atoms with van der Waals surface area (Å²) < 4.78 is 0. The first-order chi connectivity index (χ1) is 5.99. The van der Waals surface area contributed by atoms with E-state index in [9.17, 15) is 9.59 Å². The molecule has 1 atom stereocenters. The van der Waals surface area contributed by atoms with Gasteiger partial charge < -0.3 is 4.79 Å². The highest BCUT2D eigenvalue weighted by Crippen LogP contribution is 2.19. The Hall–Kier alpha value is -0.660. The Labute approximate surface area is 80.7 Å². The standard InChI is InChI=1S/C11H20O2/c1-5-11(13)10(8(2)3)7-6-9(4)12/h8,10H,5-7H2,1-4H3. The van der Waals surface area contributed by atoms with Crippen molar-refractivity contribution in [2.75, 3.05) is 0 Å². The van der Waals surface area contributed by atoms with Crippen molar-refractivity contribution in [1.29, 1.82) is 0 Å². The Balaban J connectivity index is 4.10. The molecule has 1 unspecified atom stereocenters. The summed E-state index contributed by atoms with van der Waals surface area (Å²) in [5, 5.41) is 0. The van der Waals surface area contributed by atoms with E-state index in [0.29, 0.717) is 18.8 Å². The maximum absolute atomic E-state index is 11.5. The summed E-state index contributed by atoms with van der Waals surface area (Å²) in [5.41, 5.74) is 0. The quantitative estimate of drug-likeness (QED) is 0.636. The fraction of sp³-hybridized carbons (Fsp3) is 0.818. The molecule has 0 saturated carbocycles. The molecule has 0 bridgehead atoms.